The number of halogens is 1. The fraction of sp³-hybridized carbons (Fsp3) is 0.571. The third-order valence-electron chi connectivity index (χ3n) is 3.31. The third-order valence-corrected chi connectivity index (χ3v) is 3.53. The van der Waals surface area contributed by atoms with Crippen LogP contribution in [0, 0.1) is 5.92 Å². The Morgan fingerprint density at radius 3 is 2.89 bits per heavy atom. The number of hydrogen-bond acceptors (Lipinski definition) is 4. The normalized spacial score (nSPS) is 16.1. The van der Waals surface area contributed by atoms with Crippen LogP contribution in [0.15, 0.2) is 12.1 Å². The van der Waals surface area contributed by atoms with Crippen molar-refractivity contribution in [2.75, 3.05) is 13.4 Å². The molecule has 2 rings (SSSR count). The van der Waals surface area contributed by atoms with Gasteiger partial charge in [-0.3, -0.25) is 0 Å². The van der Waals surface area contributed by atoms with Gasteiger partial charge in [-0.25, -0.2) is 0 Å². The van der Waals surface area contributed by atoms with Crippen molar-refractivity contribution in [3.63, 3.8) is 0 Å². The Morgan fingerprint density at radius 2 is 2.21 bits per heavy atom. The van der Waals surface area contributed by atoms with Crippen molar-refractivity contribution in [1.82, 2.24) is 5.32 Å². The molecule has 19 heavy (non-hydrogen) atoms. The van der Waals surface area contributed by atoms with Gasteiger partial charge in [-0.2, -0.15) is 0 Å². The monoisotopic (exact) mass is 285 g/mol. The van der Waals surface area contributed by atoms with E-state index in [4.69, 9.17) is 21.1 Å². The number of hydrogen-bond donors (Lipinski definition) is 2. The van der Waals surface area contributed by atoms with Gasteiger partial charge in [0.25, 0.3) is 0 Å². The average molecular weight is 286 g/mol. The van der Waals surface area contributed by atoms with Crippen molar-refractivity contribution < 1.29 is 14.6 Å². The lowest BCUT2D eigenvalue weighted by Gasteiger charge is -2.24. The van der Waals surface area contributed by atoms with E-state index < -0.39 is 0 Å². The van der Waals surface area contributed by atoms with Crippen molar-refractivity contribution in [3.05, 3.63) is 28.3 Å². The van der Waals surface area contributed by atoms with Gasteiger partial charge in [-0.1, -0.05) is 25.4 Å². The molecule has 2 N–H and O–H groups in total. The molecule has 0 fully saturated rings. The number of benzene rings is 1. The van der Waals surface area contributed by atoms with Gasteiger partial charge in [0.2, 0.25) is 0 Å². The highest BCUT2D eigenvalue weighted by molar-refractivity contribution is 6.30. The Morgan fingerprint density at radius 1 is 1.42 bits per heavy atom. The van der Waals surface area contributed by atoms with Crippen LogP contribution in [-0.2, 0) is 17.9 Å². The first-order valence-electron chi connectivity index (χ1n) is 6.48. The molecule has 0 unspecified atom stereocenters. The van der Waals surface area contributed by atoms with Crippen LogP contribution >= 0.6 is 11.6 Å². The van der Waals surface area contributed by atoms with Crippen molar-refractivity contribution in [2.45, 2.75) is 33.0 Å². The fourth-order valence-electron chi connectivity index (χ4n) is 2.14. The zero-order valence-electron chi connectivity index (χ0n) is 11.3. The first-order chi connectivity index (χ1) is 9.11. The maximum absolute atomic E-state index is 9.33. The molecule has 0 radical (unpaired) electrons. The number of ether oxygens (including phenoxy) is 2. The molecule has 0 aliphatic carbocycles. The number of fused-ring (bicyclic) bond motifs is 1. The summed E-state index contributed by atoms with van der Waals surface area (Å²) in [6, 6.07) is 3.83. The van der Waals surface area contributed by atoms with Crippen LogP contribution in [0.2, 0.25) is 5.02 Å². The molecule has 1 heterocycles. The van der Waals surface area contributed by atoms with E-state index in [-0.39, 0.29) is 19.4 Å². The van der Waals surface area contributed by atoms with Gasteiger partial charge >= 0.3 is 0 Å². The molecule has 0 amide bonds. The molecule has 0 bridgehead atoms. The van der Waals surface area contributed by atoms with Crippen LogP contribution < -0.4 is 10.1 Å². The van der Waals surface area contributed by atoms with Gasteiger partial charge < -0.3 is 19.9 Å². The molecule has 1 atom stereocenters. The van der Waals surface area contributed by atoms with Gasteiger partial charge in [-0.05, 0) is 18.1 Å². The van der Waals surface area contributed by atoms with E-state index in [1.54, 1.807) is 0 Å². The molecule has 0 saturated heterocycles. The molecule has 0 saturated carbocycles. The van der Waals surface area contributed by atoms with E-state index >= 15 is 0 Å². The third kappa shape index (κ3) is 3.60. The zero-order valence-corrected chi connectivity index (χ0v) is 12.0. The molecule has 1 aliphatic rings. The lowest BCUT2D eigenvalue weighted by atomic mass is 10.0. The number of nitrogens with one attached hydrogen (secondary N) is 1. The highest BCUT2D eigenvalue weighted by atomic mass is 35.5. The molecule has 0 spiro atoms. The number of aliphatic hydroxyl groups excluding tert-OH is 1. The minimum Gasteiger partial charge on any atom is -0.467 e. The molecule has 1 aromatic carbocycles. The molecule has 0 aromatic heterocycles. The van der Waals surface area contributed by atoms with E-state index in [9.17, 15) is 5.11 Å². The molecular weight excluding hydrogens is 266 g/mol. The molecule has 5 heteroatoms. The van der Waals surface area contributed by atoms with Crippen LogP contribution in [0.3, 0.4) is 0 Å². The minimum atomic E-state index is 0.0643. The number of aliphatic hydroxyl groups is 1. The predicted molar refractivity (Wildman–Crippen MR) is 74.3 cm³/mol. The Kier molecular flexibility index (Phi) is 5.05. The predicted octanol–water partition coefficient (Wildman–Crippen LogP) is 2.31. The molecule has 1 aliphatic heterocycles. The first kappa shape index (κ1) is 14.6. The van der Waals surface area contributed by atoms with Crippen molar-refractivity contribution >= 4 is 11.6 Å². The second kappa shape index (κ2) is 6.57. The van der Waals surface area contributed by atoms with Gasteiger partial charge in [-0.15, -0.1) is 0 Å². The summed E-state index contributed by atoms with van der Waals surface area (Å²) in [6.07, 6.45) is 0. The Hall–Kier alpha value is -0.810. The maximum atomic E-state index is 9.33. The first-order valence-corrected chi connectivity index (χ1v) is 6.85. The second-order valence-electron chi connectivity index (χ2n) is 5.08. The largest absolute Gasteiger partial charge is 0.467 e. The Bertz CT molecular complexity index is 437. The van der Waals surface area contributed by atoms with Crippen molar-refractivity contribution in [1.29, 1.82) is 0 Å². The molecule has 106 valence electrons. The van der Waals surface area contributed by atoms with Gasteiger partial charge in [0.1, 0.15) is 5.75 Å². The van der Waals surface area contributed by atoms with Crippen LogP contribution in [-0.4, -0.2) is 24.5 Å². The highest BCUT2D eigenvalue weighted by Crippen LogP contribution is 2.31. The van der Waals surface area contributed by atoms with E-state index in [1.165, 1.54) is 0 Å². The summed E-state index contributed by atoms with van der Waals surface area (Å²) in [4.78, 5) is 0. The summed E-state index contributed by atoms with van der Waals surface area (Å²) in [5, 5.41) is 13.3. The van der Waals surface area contributed by atoms with Crippen LogP contribution in [0.1, 0.15) is 25.0 Å². The summed E-state index contributed by atoms with van der Waals surface area (Å²) in [7, 11) is 0. The fourth-order valence-corrected chi connectivity index (χ4v) is 2.40. The summed E-state index contributed by atoms with van der Waals surface area (Å²) in [5.41, 5.74) is 1.98. The lowest BCUT2D eigenvalue weighted by Crippen LogP contribution is -2.36. The van der Waals surface area contributed by atoms with E-state index in [2.05, 4.69) is 19.2 Å². The maximum Gasteiger partial charge on any atom is 0.189 e. The van der Waals surface area contributed by atoms with Crippen LogP contribution in [0.4, 0.5) is 0 Å². The second-order valence-corrected chi connectivity index (χ2v) is 5.51. The zero-order chi connectivity index (χ0) is 13.8. The summed E-state index contributed by atoms with van der Waals surface area (Å²) in [6.45, 7) is 5.68. The molecule has 1 aromatic rings. The smallest absolute Gasteiger partial charge is 0.189 e. The molecular formula is C14H20ClNO3. The minimum absolute atomic E-state index is 0.0643. The topological polar surface area (TPSA) is 50.7 Å². The number of rotatable bonds is 5. The quantitative estimate of drug-likeness (QED) is 0.872. The van der Waals surface area contributed by atoms with E-state index in [0.29, 0.717) is 24.1 Å². The average Bonchev–Trinajstić information content (AvgIpc) is 2.38. The van der Waals surface area contributed by atoms with E-state index in [1.807, 2.05) is 12.1 Å². The van der Waals surface area contributed by atoms with Gasteiger partial charge in [0, 0.05) is 28.7 Å². The lowest BCUT2D eigenvalue weighted by molar-refractivity contribution is -0.0171. The van der Waals surface area contributed by atoms with Crippen molar-refractivity contribution in [2.24, 2.45) is 5.92 Å². The Balaban J connectivity index is 2.13. The summed E-state index contributed by atoms with van der Waals surface area (Å²) in [5.74, 6) is 1.22. The Labute approximate surface area is 118 Å². The van der Waals surface area contributed by atoms with Gasteiger partial charge in [0.05, 0.1) is 13.2 Å². The van der Waals surface area contributed by atoms with Crippen LogP contribution in [0.5, 0.6) is 5.75 Å². The van der Waals surface area contributed by atoms with E-state index in [0.717, 1.165) is 16.9 Å². The van der Waals surface area contributed by atoms with Crippen LogP contribution in [0.25, 0.3) is 0 Å². The summed E-state index contributed by atoms with van der Waals surface area (Å²) >= 11 is 6.11. The van der Waals surface area contributed by atoms with Gasteiger partial charge in [0.15, 0.2) is 6.79 Å². The molecule has 4 nitrogen and oxygen atoms in total. The SMILES string of the molecule is CC(C)[C@@H](CO)NCc1cc(Cl)cc2c1OCOC2. The standard InChI is InChI=1S/C14H20ClNO3/c1-9(2)13(6-17)16-5-10-3-12(15)4-11-7-18-8-19-14(10)11/h3-4,9,13,16-17H,5-8H2,1-2H3/t13-/m1/s1. The summed E-state index contributed by atoms with van der Waals surface area (Å²) < 4.78 is 10.8. The van der Waals surface area contributed by atoms with Crippen molar-refractivity contribution in [3.8, 4) is 5.75 Å². The highest BCUT2D eigenvalue weighted by Gasteiger charge is 2.18.